The van der Waals surface area contributed by atoms with E-state index in [1.165, 1.54) is 4.31 Å². The molecule has 134 valence electrons. The topological polar surface area (TPSA) is 72.4 Å². The first-order valence-corrected chi connectivity index (χ1v) is 10.5. The predicted octanol–water partition coefficient (Wildman–Crippen LogP) is 3.03. The van der Waals surface area contributed by atoms with Gasteiger partial charge in [0.15, 0.2) is 0 Å². The Bertz CT molecular complexity index is 810. The zero-order valence-corrected chi connectivity index (χ0v) is 16.3. The number of ether oxygens (including phenoxy) is 1. The van der Waals surface area contributed by atoms with Gasteiger partial charge in [0.2, 0.25) is 10.0 Å². The maximum Gasteiger partial charge on any atom is 0.316 e. The molecule has 1 aliphatic rings. The zero-order valence-electron chi connectivity index (χ0n) is 13.9. The van der Waals surface area contributed by atoms with Crippen LogP contribution in [0.5, 0.6) is 6.01 Å². The first-order valence-electron chi connectivity index (χ1n) is 8.22. The molecule has 1 aliphatic heterocycles. The van der Waals surface area contributed by atoms with Crippen LogP contribution >= 0.6 is 15.9 Å². The highest BCUT2D eigenvalue weighted by Gasteiger charge is 2.31. The van der Waals surface area contributed by atoms with E-state index in [0.717, 1.165) is 29.3 Å². The van der Waals surface area contributed by atoms with Crippen LogP contribution in [0.3, 0.4) is 0 Å². The number of sulfonamides is 1. The highest BCUT2D eigenvalue weighted by atomic mass is 79.9. The van der Waals surface area contributed by atoms with Crippen LogP contribution in [0.2, 0.25) is 0 Å². The van der Waals surface area contributed by atoms with Crippen LogP contribution in [0.25, 0.3) is 0 Å². The molecule has 0 radical (unpaired) electrons. The number of aryl methyl sites for hydroxylation is 1. The van der Waals surface area contributed by atoms with E-state index < -0.39 is 10.0 Å². The van der Waals surface area contributed by atoms with Crippen molar-refractivity contribution in [1.82, 2.24) is 14.3 Å². The molecule has 25 heavy (non-hydrogen) atoms. The number of benzene rings is 1. The SMILES string of the molecule is CCc1ccc(S(=O)(=O)N2CCCC(Oc3ncc(Br)cn3)C2)cc1. The van der Waals surface area contributed by atoms with Crippen molar-refractivity contribution in [3.8, 4) is 6.01 Å². The number of hydrogen-bond donors (Lipinski definition) is 0. The van der Waals surface area contributed by atoms with Crippen LogP contribution in [0, 0.1) is 0 Å². The second-order valence-electron chi connectivity index (χ2n) is 5.93. The highest BCUT2D eigenvalue weighted by molar-refractivity contribution is 9.10. The van der Waals surface area contributed by atoms with Crippen LogP contribution in [0.4, 0.5) is 0 Å². The van der Waals surface area contributed by atoms with Crippen molar-refractivity contribution < 1.29 is 13.2 Å². The van der Waals surface area contributed by atoms with Crippen molar-refractivity contribution in [2.24, 2.45) is 0 Å². The lowest BCUT2D eigenvalue weighted by atomic mass is 10.1. The second-order valence-corrected chi connectivity index (χ2v) is 8.78. The average Bonchev–Trinajstić information content (AvgIpc) is 2.64. The van der Waals surface area contributed by atoms with Gasteiger partial charge in [0.25, 0.3) is 0 Å². The number of nitrogens with zero attached hydrogens (tertiary/aromatic N) is 3. The molecule has 1 aromatic carbocycles. The molecule has 6 nitrogen and oxygen atoms in total. The molecule has 3 rings (SSSR count). The fourth-order valence-corrected chi connectivity index (χ4v) is 4.49. The molecule has 1 atom stereocenters. The third kappa shape index (κ3) is 4.37. The van der Waals surface area contributed by atoms with E-state index in [1.54, 1.807) is 24.5 Å². The molecule has 2 aromatic rings. The molecule has 8 heteroatoms. The summed E-state index contributed by atoms with van der Waals surface area (Å²) in [6, 6.07) is 7.34. The van der Waals surface area contributed by atoms with Crippen molar-refractivity contribution >= 4 is 26.0 Å². The first kappa shape index (κ1) is 18.3. The summed E-state index contributed by atoms with van der Waals surface area (Å²) in [6.07, 6.45) is 5.37. The fraction of sp³-hybridized carbons (Fsp3) is 0.412. The van der Waals surface area contributed by atoms with E-state index in [4.69, 9.17) is 4.74 Å². The maximum atomic E-state index is 12.9. The van der Waals surface area contributed by atoms with Gasteiger partial charge in [-0.15, -0.1) is 0 Å². The summed E-state index contributed by atoms with van der Waals surface area (Å²) >= 11 is 3.27. The summed E-state index contributed by atoms with van der Waals surface area (Å²) in [4.78, 5) is 8.50. The second kappa shape index (κ2) is 7.80. The van der Waals surface area contributed by atoms with Crippen LogP contribution in [-0.4, -0.2) is 41.9 Å². The Morgan fingerprint density at radius 3 is 2.56 bits per heavy atom. The number of rotatable bonds is 5. The van der Waals surface area contributed by atoms with E-state index in [-0.39, 0.29) is 12.1 Å². The predicted molar refractivity (Wildman–Crippen MR) is 98.0 cm³/mol. The van der Waals surface area contributed by atoms with E-state index in [9.17, 15) is 8.42 Å². The van der Waals surface area contributed by atoms with Gasteiger partial charge in [0.1, 0.15) is 6.10 Å². The lowest BCUT2D eigenvalue weighted by Crippen LogP contribution is -2.44. The van der Waals surface area contributed by atoms with Gasteiger partial charge in [-0.1, -0.05) is 19.1 Å². The van der Waals surface area contributed by atoms with Gasteiger partial charge in [-0.3, -0.25) is 0 Å². The molecule has 1 aromatic heterocycles. The van der Waals surface area contributed by atoms with Crippen LogP contribution in [0.1, 0.15) is 25.3 Å². The summed E-state index contributed by atoms with van der Waals surface area (Å²) in [6.45, 7) is 2.84. The van der Waals surface area contributed by atoms with E-state index in [0.29, 0.717) is 18.0 Å². The van der Waals surface area contributed by atoms with Crippen LogP contribution in [0.15, 0.2) is 46.0 Å². The van der Waals surface area contributed by atoms with Gasteiger partial charge in [-0.05, 0) is 52.9 Å². The Kier molecular flexibility index (Phi) is 5.71. The van der Waals surface area contributed by atoms with Gasteiger partial charge >= 0.3 is 6.01 Å². The largest absolute Gasteiger partial charge is 0.459 e. The summed E-state index contributed by atoms with van der Waals surface area (Å²) in [5.41, 5.74) is 1.12. The van der Waals surface area contributed by atoms with E-state index in [1.807, 2.05) is 19.1 Å². The first-order chi connectivity index (χ1) is 12.0. The molecule has 1 fully saturated rings. The third-order valence-electron chi connectivity index (χ3n) is 4.18. The summed E-state index contributed by atoms with van der Waals surface area (Å²) < 4.78 is 33.7. The normalized spacial score (nSPS) is 18.9. The summed E-state index contributed by atoms with van der Waals surface area (Å²) in [5, 5.41) is 0. The van der Waals surface area contributed by atoms with Gasteiger partial charge < -0.3 is 4.74 Å². The van der Waals surface area contributed by atoms with Crippen LogP contribution < -0.4 is 4.74 Å². The molecule has 0 bridgehead atoms. The minimum Gasteiger partial charge on any atom is -0.459 e. The molecular formula is C17H20BrN3O3S. The van der Waals surface area contributed by atoms with Gasteiger partial charge in [0, 0.05) is 18.9 Å². The summed E-state index contributed by atoms with van der Waals surface area (Å²) in [5.74, 6) is 0. The van der Waals surface area contributed by atoms with Crippen molar-refractivity contribution in [1.29, 1.82) is 0 Å². The third-order valence-corrected chi connectivity index (χ3v) is 6.47. The molecule has 0 spiro atoms. The average molecular weight is 426 g/mol. The minimum atomic E-state index is -3.51. The van der Waals surface area contributed by atoms with Gasteiger partial charge in [-0.25, -0.2) is 18.4 Å². The Morgan fingerprint density at radius 1 is 1.24 bits per heavy atom. The van der Waals surface area contributed by atoms with Gasteiger partial charge in [-0.2, -0.15) is 4.31 Å². The van der Waals surface area contributed by atoms with Crippen molar-refractivity contribution in [3.05, 3.63) is 46.7 Å². The van der Waals surface area contributed by atoms with Crippen molar-refractivity contribution in [2.75, 3.05) is 13.1 Å². The van der Waals surface area contributed by atoms with Crippen molar-refractivity contribution in [2.45, 2.75) is 37.2 Å². The number of aromatic nitrogens is 2. The molecule has 0 aliphatic carbocycles. The molecular weight excluding hydrogens is 406 g/mol. The van der Waals surface area contributed by atoms with Crippen molar-refractivity contribution in [3.63, 3.8) is 0 Å². The lowest BCUT2D eigenvalue weighted by molar-refractivity contribution is 0.119. The Hall–Kier alpha value is -1.51. The molecule has 0 saturated carbocycles. The maximum absolute atomic E-state index is 12.9. The Morgan fingerprint density at radius 2 is 1.92 bits per heavy atom. The monoisotopic (exact) mass is 425 g/mol. The molecule has 0 amide bonds. The highest BCUT2D eigenvalue weighted by Crippen LogP contribution is 2.23. The molecule has 1 unspecified atom stereocenters. The number of piperidine rings is 1. The standard InChI is InChI=1S/C17H20BrN3O3S/c1-2-13-5-7-16(8-6-13)25(22,23)21-9-3-4-15(12-21)24-17-19-10-14(18)11-20-17/h5-8,10-11,15H,2-4,9,12H2,1H3. The molecule has 1 saturated heterocycles. The Labute approximate surface area is 156 Å². The van der Waals surface area contributed by atoms with E-state index >= 15 is 0 Å². The lowest BCUT2D eigenvalue weighted by Gasteiger charge is -2.31. The fourth-order valence-electron chi connectivity index (χ4n) is 2.78. The number of hydrogen-bond acceptors (Lipinski definition) is 5. The van der Waals surface area contributed by atoms with E-state index in [2.05, 4.69) is 25.9 Å². The minimum absolute atomic E-state index is 0.250. The number of halogens is 1. The molecule has 2 heterocycles. The zero-order chi connectivity index (χ0) is 17.9. The van der Waals surface area contributed by atoms with Gasteiger partial charge in [0.05, 0.1) is 15.9 Å². The van der Waals surface area contributed by atoms with Crippen LogP contribution in [-0.2, 0) is 16.4 Å². The smallest absolute Gasteiger partial charge is 0.316 e. The molecule has 0 N–H and O–H groups in total. The summed E-state index contributed by atoms with van der Waals surface area (Å²) in [7, 11) is -3.51. The Balaban J connectivity index is 1.71. The quantitative estimate of drug-likeness (QED) is 0.735.